The lowest BCUT2D eigenvalue weighted by atomic mass is 9.69. The Hall–Kier alpha value is -2.10. The molecule has 1 saturated carbocycles. The Morgan fingerprint density at radius 3 is 2.86 bits per heavy atom. The van der Waals surface area contributed by atoms with E-state index in [1.807, 2.05) is 39.0 Å². The minimum absolute atomic E-state index is 0.0247. The van der Waals surface area contributed by atoms with Gasteiger partial charge in [0.05, 0.1) is 11.4 Å². The van der Waals surface area contributed by atoms with Crippen molar-refractivity contribution in [1.82, 2.24) is 9.97 Å². The van der Waals surface area contributed by atoms with Gasteiger partial charge in [0.25, 0.3) is 0 Å². The molecule has 2 aromatic rings. The first-order valence-corrected chi connectivity index (χ1v) is 7.70. The smallest absolute Gasteiger partial charge is 0.210 e. The van der Waals surface area contributed by atoms with Crippen molar-refractivity contribution in [3.05, 3.63) is 35.8 Å². The van der Waals surface area contributed by atoms with E-state index in [1.165, 1.54) is 0 Å². The molecular weight excluding hydrogens is 276 g/mol. The third kappa shape index (κ3) is 2.54. The topological polar surface area (TPSA) is 59.9 Å². The van der Waals surface area contributed by atoms with Crippen molar-refractivity contribution in [2.45, 2.75) is 40.0 Å². The van der Waals surface area contributed by atoms with Crippen molar-refractivity contribution in [2.75, 3.05) is 0 Å². The van der Waals surface area contributed by atoms with Crippen LogP contribution in [-0.4, -0.2) is 21.5 Å². The summed E-state index contributed by atoms with van der Waals surface area (Å²) >= 11 is 0. The molecule has 0 N–H and O–H groups in total. The molecule has 114 valence electrons. The third-order valence-electron chi connectivity index (χ3n) is 4.55. The number of carbonyl (C=O) groups is 2. The normalized spacial score (nSPS) is 21.0. The summed E-state index contributed by atoms with van der Waals surface area (Å²) in [6.07, 6.45) is 4.00. The largest absolute Gasteiger partial charge is 0.298 e. The lowest BCUT2D eigenvalue weighted by Gasteiger charge is -2.32. The van der Waals surface area contributed by atoms with Crippen LogP contribution in [0.5, 0.6) is 0 Å². The highest BCUT2D eigenvalue weighted by atomic mass is 16.2. The minimum atomic E-state index is -0.592. The molecule has 1 unspecified atom stereocenters. The zero-order valence-electron chi connectivity index (χ0n) is 13.2. The summed E-state index contributed by atoms with van der Waals surface area (Å²) in [5.74, 6) is -0.641. The Balaban J connectivity index is 1.96. The molecule has 0 amide bonds. The molecule has 1 aromatic carbocycles. The van der Waals surface area contributed by atoms with Gasteiger partial charge in [-0.3, -0.25) is 9.59 Å². The molecule has 22 heavy (non-hydrogen) atoms. The molecule has 1 fully saturated rings. The van der Waals surface area contributed by atoms with Crippen LogP contribution in [0.1, 0.15) is 49.3 Å². The van der Waals surface area contributed by atoms with E-state index in [0.717, 1.165) is 29.3 Å². The van der Waals surface area contributed by atoms with Gasteiger partial charge in [-0.25, -0.2) is 9.97 Å². The van der Waals surface area contributed by atoms with Gasteiger partial charge in [-0.15, -0.1) is 0 Å². The van der Waals surface area contributed by atoms with E-state index in [4.69, 9.17) is 0 Å². The molecule has 1 heterocycles. The van der Waals surface area contributed by atoms with Crippen LogP contribution in [0.3, 0.4) is 0 Å². The molecule has 0 spiro atoms. The standard InChI is InChI=1S/C18H20N2O2/c1-11-6-7-12-10-19-17(20-14(12)9-11)15(21)13-5-4-8-18(2,3)16(13)22/h6-7,9-10,13H,4-5,8H2,1-3H3. The lowest BCUT2D eigenvalue weighted by Crippen LogP contribution is -2.39. The molecule has 1 aliphatic carbocycles. The molecule has 0 bridgehead atoms. The van der Waals surface area contributed by atoms with E-state index in [2.05, 4.69) is 9.97 Å². The van der Waals surface area contributed by atoms with Gasteiger partial charge in [-0.1, -0.05) is 32.4 Å². The van der Waals surface area contributed by atoms with Gasteiger partial charge in [0.1, 0.15) is 5.78 Å². The van der Waals surface area contributed by atoms with Crippen LogP contribution in [-0.2, 0) is 4.79 Å². The number of nitrogens with zero attached hydrogens (tertiary/aromatic N) is 2. The predicted molar refractivity (Wildman–Crippen MR) is 84.7 cm³/mol. The van der Waals surface area contributed by atoms with Crippen LogP contribution < -0.4 is 0 Å². The van der Waals surface area contributed by atoms with Crippen LogP contribution in [0.25, 0.3) is 10.9 Å². The summed E-state index contributed by atoms with van der Waals surface area (Å²) in [5.41, 5.74) is 1.41. The maximum absolute atomic E-state index is 12.7. The maximum Gasteiger partial charge on any atom is 0.210 e. The number of aryl methyl sites for hydroxylation is 1. The zero-order valence-corrected chi connectivity index (χ0v) is 13.2. The van der Waals surface area contributed by atoms with Gasteiger partial charge >= 0.3 is 0 Å². The second-order valence-corrected chi connectivity index (χ2v) is 6.81. The first-order valence-electron chi connectivity index (χ1n) is 7.70. The SMILES string of the molecule is Cc1ccc2cnc(C(=O)C3CCCC(C)(C)C3=O)nc2c1. The van der Waals surface area contributed by atoms with Gasteiger partial charge in [-0.2, -0.15) is 0 Å². The van der Waals surface area contributed by atoms with Gasteiger partial charge in [0, 0.05) is 17.0 Å². The molecule has 0 radical (unpaired) electrons. The minimum Gasteiger partial charge on any atom is -0.298 e. The van der Waals surface area contributed by atoms with Crippen LogP contribution in [0.15, 0.2) is 24.4 Å². The van der Waals surface area contributed by atoms with Crippen molar-refractivity contribution in [3.8, 4) is 0 Å². The van der Waals surface area contributed by atoms with Crippen molar-refractivity contribution >= 4 is 22.5 Å². The molecule has 1 aromatic heterocycles. The van der Waals surface area contributed by atoms with Crippen molar-refractivity contribution in [2.24, 2.45) is 11.3 Å². The molecule has 0 aliphatic heterocycles. The Kier molecular flexibility index (Phi) is 3.55. The first kappa shape index (κ1) is 14.8. The zero-order chi connectivity index (χ0) is 15.9. The summed E-state index contributed by atoms with van der Waals surface area (Å²) in [5, 5.41) is 0.900. The summed E-state index contributed by atoms with van der Waals surface area (Å²) < 4.78 is 0. The summed E-state index contributed by atoms with van der Waals surface area (Å²) in [7, 11) is 0. The van der Waals surface area contributed by atoms with E-state index in [9.17, 15) is 9.59 Å². The molecule has 1 atom stereocenters. The second kappa shape index (κ2) is 5.27. The number of fused-ring (bicyclic) bond motifs is 1. The quantitative estimate of drug-likeness (QED) is 0.628. The Labute approximate surface area is 130 Å². The molecule has 0 saturated heterocycles. The average Bonchev–Trinajstić information content (AvgIpc) is 2.48. The fraction of sp³-hybridized carbons (Fsp3) is 0.444. The van der Waals surface area contributed by atoms with E-state index >= 15 is 0 Å². The van der Waals surface area contributed by atoms with Crippen LogP contribution >= 0.6 is 0 Å². The highest BCUT2D eigenvalue weighted by Gasteiger charge is 2.41. The lowest BCUT2D eigenvalue weighted by molar-refractivity contribution is -0.132. The van der Waals surface area contributed by atoms with E-state index in [-0.39, 0.29) is 17.4 Å². The van der Waals surface area contributed by atoms with Gasteiger partial charge in [0.2, 0.25) is 5.78 Å². The molecule has 1 aliphatic rings. The number of carbonyl (C=O) groups excluding carboxylic acids is 2. The predicted octanol–water partition coefficient (Wildman–Crippen LogP) is 3.52. The fourth-order valence-electron chi connectivity index (χ4n) is 3.13. The van der Waals surface area contributed by atoms with Gasteiger partial charge < -0.3 is 0 Å². The van der Waals surface area contributed by atoms with Gasteiger partial charge in [-0.05, 0) is 31.4 Å². The van der Waals surface area contributed by atoms with Crippen LogP contribution in [0.2, 0.25) is 0 Å². The van der Waals surface area contributed by atoms with E-state index in [1.54, 1.807) is 6.20 Å². The second-order valence-electron chi connectivity index (χ2n) is 6.81. The summed E-state index contributed by atoms with van der Waals surface area (Å²) in [6, 6.07) is 5.86. The highest BCUT2D eigenvalue weighted by Crippen LogP contribution is 2.36. The number of ketones is 2. The fourth-order valence-corrected chi connectivity index (χ4v) is 3.13. The number of aromatic nitrogens is 2. The molecule has 3 rings (SSSR count). The number of benzene rings is 1. The number of rotatable bonds is 2. The van der Waals surface area contributed by atoms with E-state index < -0.39 is 11.3 Å². The van der Waals surface area contributed by atoms with Crippen molar-refractivity contribution in [3.63, 3.8) is 0 Å². The summed E-state index contributed by atoms with van der Waals surface area (Å²) in [4.78, 5) is 33.7. The average molecular weight is 296 g/mol. The van der Waals surface area contributed by atoms with Crippen LogP contribution in [0, 0.1) is 18.3 Å². The Morgan fingerprint density at radius 1 is 1.32 bits per heavy atom. The maximum atomic E-state index is 12.7. The number of hydrogen-bond acceptors (Lipinski definition) is 4. The summed E-state index contributed by atoms with van der Waals surface area (Å²) in [6.45, 7) is 5.81. The van der Waals surface area contributed by atoms with Crippen molar-refractivity contribution in [1.29, 1.82) is 0 Å². The highest BCUT2D eigenvalue weighted by molar-refractivity contribution is 6.11. The molecule has 4 heteroatoms. The van der Waals surface area contributed by atoms with Crippen molar-refractivity contribution < 1.29 is 9.59 Å². The molecule has 4 nitrogen and oxygen atoms in total. The third-order valence-corrected chi connectivity index (χ3v) is 4.55. The monoisotopic (exact) mass is 296 g/mol. The van der Waals surface area contributed by atoms with E-state index in [0.29, 0.717) is 6.42 Å². The van der Waals surface area contributed by atoms with Gasteiger partial charge in [0.15, 0.2) is 5.82 Å². The Bertz CT molecular complexity index is 765. The number of Topliss-reactive ketones (excluding diaryl/α,β-unsaturated/α-hetero) is 2. The Morgan fingerprint density at radius 2 is 2.09 bits per heavy atom. The molecular formula is C18H20N2O2. The number of hydrogen-bond donors (Lipinski definition) is 0. The first-order chi connectivity index (χ1) is 10.4. The van der Waals surface area contributed by atoms with Crippen LogP contribution in [0.4, 0.5) is 0 Å².